The third kappa shape index (κ3) is 7.57. The lowest BCUT2D eigenvalue weighted by molar-refractivity contribution is -0.117. The Labute approximate surface area is 298 Å². The monoisotopic (exact) mass is 703 g/mol. The van der Waals surface area contributed by atoms with Crippen LogP contribution in [-0.4, -0.2) is 77.7 Å². The van der Waals surface area contributed by atoms with Gasteiger partial charge in [-0.1, -0.05) is 44.7 Å². The van der Waals surface area contributed by atoms with Crippen molar-refractivity contribution < 1.29 is 17.6 Å². The van der Waals surface area contributed by atoms with E-state index in [0.29, 0.717) is 23.3 Å². The minimum atomic E-state index is -3.26. The van der Waals surface area contributed by atoms with Crippen molar-refractivity contribution in [2.75, 3.05) is 32.7 Å². The van der Waals surface area contributed by atoms with E-state index in [1.165, 1.54) is 18.2 Å². The quantitative estimate of drug-likeness (QED) is 0.176. The lowest BCUT2D eigenvalue weighted by Crippen LogP contribution is -2.56. The molecule has 270 valence electrons. The number of imidazole rings is 1. The van der Waals surface area contributed by atoms with Crippen LogP contribution in [0.3, 0.4) is 0 Å². The number of aryl methyl sites for hydroxylation is 1. The van der Waals surface area contributed by atoms with Crippen molar-refractivity contribution in [3.05, 3.63) is 102 Å². The summed E-state index contributed by atoms with van der Waals surface area (Å²) in [5, 5.41) is 3.04. The number of likely N-dealkylation sites (tertiary alicyclic amines) is 2. The van der Waals surface area contributed by atoms with E-state index in [4.69, 9.17) is 0 Å². The van der Waals surface area contributed by atoms with Crippen LogP contribution in [0.15, 0.2) is 84.7 Å². The maximum absolute atomic E-state index is 15.1. The molecule has 10 heteroatoms. The van der Waals surface area contributed by atoms with Crippen molar-refractivity contribution in [1.29, 1.82) is 0 Å². The number of allylic oxidation sites excluding steroid dienone is 4. The molecule has 3 atom stereocenters. The topological polar surface area (TPSA) is 87.5 Å². The number of hydrogen-bond acceptors (Lipinski definition) is 6. The molecule has 2 aliphatic heterocycles. The highest BCUT2D eigenvalue weighted by atomic mass is 32.2. The highest BCUT2D eigenvalue weighted by molar-refractivity contribution is 7.96. The Balaban J connectivity index is 1.18. The fourth-order valence-electron chi connectivity index (χ4n) is 9.07. The summed E-state index contributed by atoms with van der Waals surface area (Å²) in [6.07, 6.45) is 17.5. The molecule has 1 amide bonds. The zero-order valence-corrected chi connectivity index (χ0v) is 30.6. The Morgan fingerprint density at radius 2 is 1.84 bits per heavy atom. The number of amides is 1. The Morgan fingerprint density at radius 3 is 2.50 bits per heavy atom. The van der Waals surface area contributed by atoms with Gasteiger partial charge in [0.2, 0.25) is 5.91 Å². The van der Waals surface area contributed by atoms with Crippen molar-refractivity contribution in [2.45, 2.75) is 88.5 Å². The van der Waals surface area contributed by atoms with E-state index in [1.54, 1.807) is 12.1 Å². The van der Waals surface area contributed by atoms with Gasteiger partial charge in [0.15, 0.2) is 9.84 Å². The smallest absolute Gasteiger partial charge is 0.243 e. The SMILES string of the molecule is C=CC(=O)N[C@H]1CCC[C@@H]1[C@](Cn1ccnc1CC)(c1cccc(F)c1)C1CCN(CC2CN(/C(C)=C/C=C(\C=C)S(=O)(=O)C3CC3)C2)CC1. The fourth-order valence-corrected chi connectivity index (χ4v) is 10.7. The van der Waals surface area contributed by atoms with Gasteiger partial charge in [-0.05, 0) is 106 Å². The molecule has 4 aliphatic rings. The molecule has 2 saturated heterocycles. The number of benzene rings is 1. The fraction of sp³-hybridized carbons (Fsp3) is 0.550. The first-order chi connectivity index (χ1) is 24.1. The standard InChI is InChI=1S/C40H54FN5O3S/c1-5-34(50(48,49)35-16-17-35)15-14-29(4)46-26-30(27-46)25-44-21-18-31(19-22-44)40(32-10-8-11-33(41)24-32,28-45-23-20-42-38(45)6-2)36-12-9-13-37(36)43-39(47)7-3/h5,7-8,10-11,14-15,20,23-24,30-31,35-37H,1,3,6,9,12-13,16-19,21-22,25-28H2,2,4H3,(H,43,47)/b29-14+,34-15+/t36-,37-,40-/m0/s1. The summed E-state index contributed by atoms with van der Waals surface area (Å²) in [6.45, 7) is 17.2. The van der Waals surface area contributed by atoms with Gasteiger partial charge in [-0.2, -0.15) is 0 Å². The molecule has 8 nitrogen and oxygen atoms in total. The molecule has 2 saturated carbocycles. The second-order valence-corrected chi connectivity index (χ2v) is 17.1. The zero-order valence-electron chi connectivity index (χ0n) is 29.8. The van der Waals surface area contributed by atoms with E-state index in [0.717, 1.165) is 101 Å². The molecule has 4 fully saturated rings. The third-order valence-electron chi connectivity index (χ3n) is 11.9. The van der Waals surface area contributed by atoms with Crippen LogP contribution in [-0.2, 0) is 33.0 Å². The lowest BCUT2D eigenvalue weighted by Gasteiger charge is -2.51. The van der Waals surface area contributed by atoms with Crippen LogP contribution in [0.25, 0.3) is 0 Å². The molecular formula is C40H54FN5O3S. The van der Waals surface area contributed by atoms with Crippen LogP contribution in [0.4, 0.5) is 4.39 Å². The van der Waals surface area contributed by atoms with Crippen LogP contribution in [0.1, 0.15) is 70.2 Å². The molecule has 3 heterocycles. The number of sulfone groups is 1. The summed E-state index contributed by atoms with van der Waals surface area (Å²) in [4.78, 5) is 22.6. The summed E-state index contributed by atoms with van der Waals surface area (Å²) in [6, 6.07) is 7.21. The number of hydrogen-bond donors (Lipinski definition) is 1. The maximum Gasteiger partial charge on any atom is 0.243 e. The Bertz CT molecular complexity index is 1710. The molecule has 0 radical (unpaired) electrons. The van der Waals surface area contributed by atoms with Crippen LogP contribution in [0, 0.1) is 23.6 Å². The average molecular weight is 704 g/mol. The first-order valence-electron chi connectivity index (χ1n) is 18.5. The summed E-state index contributed by atoms with van der Waals surface area (Å²) in [7, 11) is -3.26. The molecule has 2 aromatic rings. The number of rotatable bonds is 15. The minimum absolute atomic E-state index is 0.0149. The van der Waals surface area contributed by atoms with Crippen molar-refractivity contribution in [3.8, 4) is 0 Å². The van der Waals surface area contributed by atoms with Crippen molar-refractivity contribution in [2.24, 2.45) is 17.8 Å². The number of halogens is 1. The summed E-state index contributed by atoms with van der Waals surface area (Å²) in [5.74, 6) is 1.62. The highest BCUT2D eigenvalue weighted by Gasteiger charge is 2.52. The zero-order chi connectivity index (χ0) is 35.5. The summed E-state index contributed by atoms with van der Waals surface area (Å²) in [5.41, 5.74) is 1.70. The minimum Gasteiger partial charge on any atom is -0.374 e. The number of nitrogens with zero attached hydrogens (tertiary/aromatic N) is 4. The van der Waals surface area contributed by atoms with Crippen molar-refractivity contribution in [3.63, 3.8) is 0 Å². The molecule has 0 bridgehead atoms. The first kappa shape index (κ1) is 36.3. The van der Waals surface area contributed by atoms with E-state index in [1.807, 2.05) is 25.3 Å². The second-order valence-electron chi connectivity index (χ2n) is 14.9. The Kier molecular flexibility index (Phi) is 11.2. The van der Waals surface area contributed by atoms with Gasteiger partial charge in [-0.15, -0.1) is 0 Å². The molecule has 1 aromatic carbocycles. The number of piperidine rings is 1. The predicted molar refractivity (Wildman–Crippen MR) is 197 cm³/mol. The van der Waals surface area contributed by atoms with Gasteiger partial charge in [0.1, 0.15) is 11.6 Å². The van der Waals surface area contributed by atoms with Crippen LogP contribution < -0.4 is 5.32 Å². The maximum atomic E-state index is 15.1. The van der Waals surface area contributed by atoms with Gasteiger partial charge in [-0.25, -0.2) is 17.8 Å². The molecular weight excluding hydrogens is 650 g/mol. The van der Waals surface area contributed by atoms with Crippen molar-refractivity contribution >= 4 is 15.7 Å². The van der Waals surface area contributed by atoms with Crippen LogP contribution >= 0.6 is 0 Å². The van der Waals surface area contributed by atoms with Crippen molar-refractivity contribution in [1.82, 2.24) is 24.7 Å². The van der Waals surface area contributed by atoms with Gasteiger partial charge in [-0.3, -0.25) is 4.79 Å². The van der Waals surface area contributed by atoms with E-state index < -0.39 is 15.3 Å². The molecule has 0 spiro atoms. The molecule has 1 N–H and O–H groups in total. The van der Waals surface area contributed by atoms with Gasteiger partial charge < -0.3 is 19.7 Å². The molecule has 50 heavy (non-hydrogen) atoms. The van der Waals surface area contributed by atoms with Gasteiger partial charge >= 0.3 is 0 Å². The van der Waals surface area contributed by atoms with Gasteiger partial charge in [0.25, 0.3) is 0 Å². The third-order valence-corrected chi connectivity index (χ3v) is 14.2. The number of carbonyl (C=O) groups is 1. The van der Waals surface area contributed by atoms with E-state index in [2.05, 4.69) is 57.0 Å². The normalized spacial score (nSPS) is 24.1. The van der Waals surface area contributed by atoms with E-state index >= 15 is 4.39 Å². The molecule has 6 rings (SSSR count). The van der Waals surface area contributed by atoms with E-state index in [-0.39, 0.29) is 28.9 Å². The van der Waals surface area contributed by atoms with Crippen LogP contribution in [0.5, 0.6) is 0 Å². The summed E-state index contributed by atoms with van der Waals surface area (Å²) < 4.78 is 42.7. The Hall–Kier alpha value is -3.50. The molecule has 2 aliphatic carbocycles. The molecule has 0 unspecified atom stereocenters. The average Bonchev–Trinajstić information content (AvgIpc) is 3.72. The first-order valence-corrected chi connectivity index (χ1v) is 20.0. The largest absolute Gasteiger partial charge is 0.374 e. The summed E-state index contributed by atoms with van der Waals surface area (Å²) >= 11 is 0. The Morgan fingerprint density at radius 1 is 1.08 bits per heavy atom. The van der Waals surface area contributed by atoms with Crippen LogP contribution in [0.2, 0.25) is 0 Å². The number of nitrogens with one attached hydrogen (secondary N) is 1. The molecule has 1 aromatic heterocycles. The van der Waals surface area contributed by atoms with E-state index in [9.17, 15) is 13.2 Å². The number of carbonyl (C=O) groups excluding carboxylic acids is 1. The predicted octanol–water partition coefficient (Wildman–Crippen LogP) is 6.19. The highest BCUT2D eigenvalue weighted by Crippen LogP contribution is 2.52. The lowest BCUT2D eigenvalue weighted by atomic mass is 9.58. The van der Waals surface area contributed by atoms with Gasteiger partial charge in [0.05, 0.1) is 10.2 Å². The van der Waals surface area contributed by atoms with Gasteiger partial charge in [0, 0.05) is 68.1 Å². The number of aromatic nitrogens is 2. The second kappa shape index (κ2) is 15.4.